The van der Waals surface area contributed by atoms with Crippen LogP contribution in [0.3, 0.4) is 0 Å². The number of thioether (sulfide) groups is 1. The van der Waals surface area contributed by atoms with E-state index in [2.05, 4.69) is 40.2 Å². The number of nitrogens with two attached hydrogens (primary N) is 1. The Morgan fingerprint density at radius 1 is 1.08 bits per heavy atom. The molecule has 0 amide bonds. The Kier molecular flexibility index (Phi) is 9.85. The van der Waals surface area contributed by atoms with Crippen LogP contribution < -0.4 is 21.5 Å². The van der Waals surface area contributed by atoms with Crippen molar-refractivity contribution in [1.29, 1.82) is 0 Å². The number of benzene rings is 3. The van der Waals surface area contributed by atoms with Gasteiger partial charge >= 0.3 is 5.97 Å². The molecule has 0 aliphatic carbocycles. The first-order valence-electron chi connectivity index (χ1n) is 12.7. The molecule has 0 aromatic heterocycles. The zero-order valence-electron chi connectivity index (χ0n) is 21.5. The fourth-order valence-corrected chi connectivity index (χ4v) is 5.82. The zero-order chi connectivity index (χ0) is 27.8. The molecule has 0 fully saturated rings. The lowest BCUT2D eigenvalue weighted by Gasteiger charge is -2.32. The van der Waals surface area contributed by atoms with Crippen molar-refractivity contribution in [3.05, 3.63) is 101 Å². The quantitative estimate of drug-likeness (QED) is 0.243. The van der Waals surface area contributed by atoms with Crippen LogP contribution in [0.4, 0.5) is 14.5 Å². The molecule has 1 aliphatic rings. The first kappa shape index (κ1) is 28.5. The first-order valence-corrected chi connectivity index (χ1v) is 13.7. The number of carboxylic acid groups (broad SMARTS) is 1. The number of hydrogen-bond donors (Lipinski definition) is 4. The summed E-state index contributed by atoms with van der Waals surface area (Å²) in [6.07, 6.45) is 1.01. The molecule has 206 valence electrons. The minimum Gasteiger partial charge on any atom is -0.480 e. The minimum atomic E-state index is -1.05. The average Bonchev–Trinajstić information content (AvgIpc) is 3.38. The topological polar surface area (TPSA) is 115 Å². The standard InChI is InChI=1S/C28H32F2N6O2S/c1-2-18-7-6-8-19(11-18)16-32-17-24(25(31)14-20-12-21(29)15-22(30)13-20)26(27(37)38)39-28-33-34-35-36(28)23-9-4-3-5-10-23/h3-13,15,24-26,28,32H,2,14,16-17,31H2,1H3,(H,33,35)(H,37,38)/t24?,25?,26-,28?/m0/s1. The summed E-state index contributed by atoms with van der Waals surface area (Å²) in [7, 11) is 0. The van der Waals surface area contributed by atoms with Gasteiger partial charge in [-0.3, -0.25) is 10.2 Å². The van der Waals surface area contributed by atoms with Gasteiger partial charge in [-0.1, -0.05) is 66.4 Å². The largest absolute Gasteiger partial charge is 0.480 e. The Bertz CT molecular complexity index is 1260. The summed E-state index contributed by atoms with van der Waals surface area (Å²) in [5.41, 5.74) is 12.3. The lowest BCUT2D eigenvalue weighted by molar-refractivity contribution is -0.137. The first-order chi connectivity index (χ1) is 18.8. The summed E-state index contributed by atoms with van der Waals surface area (Å²) < 4.78 is 27.7. The molecule has 0 saturated carbocycles. The molecular weight excluding hydrogens is 522 g/mol. The number of anilines is 1. The van der Waals surface area contributed by atoms with Crippen molar-refractivity contribution in [2.24, 2.45) is 22.1 Å². The van der Waals surface area contributed by atoms with Gasteiger partial charge in [-0.15, -0.1) is 0 Å². The lowest BCUT2D eigenvalue weighted by atomic mass is 9.90. The third-order valence-electron chi connectivity index (χ3n) is 6.51. The van der Waals surface area contributed by atoms with Gasteiger partial charge in [-0.2, -0.15) is 0 Å². The Balaban J connectivity index is 1.54. The molecule has 0 saturated heterocycles. The molecule has 0 bridgehead atoms. The third-order valence-corrected chi connectivity index (χ3v) is 7.92. The van der Waals surface area contributed by atoms with Gasteiger partial charge in [0.05, 0.1) is 5.69 Å². The predicted molar refractivity (Wildman–Crippen MR) is 149 cm³/mol. The van der Waals surface area contributed by atoms with Crippen LogP contribution in [0.25, 0.3) is 0 Å². The van der Waals surface area contributed by atoms with Crippen LogP contribution in [-0.4, -0.2) is 34.4 Å². The van der Waals surface area contributed by atoms with Gasteiger partial charge in [0.2, 0.25) is 0 Å². The normalized spacial score (nSPS) is 17.0. The molecule has 0 spiro atoms. The molecule has 8 nitrogen and oxygen atoms in total. The van der Waals surface area contributed by atoms with Crippen LogP contribution in [0.15, 0.2) is 83.2 Å². The summed E-state index contributed by atoms with van der Waals surface area (Å²) in [6, 6.07) is 20.0. The second kappa shape index (κ2) is 13.5. The molecule has 5 N–H and O–H groups in total. The van der Waals surface area contributed by atoms with Gasteiger partial charge in [0.15, 0.2) is 5.50 Å². The molecule has 3 unspecified atom stereocenters. The zero-order valence-corrected chi connectivity index (χ0v) is 22.3. The van der Waals surface area contributed by atoms with E-state index in [1.165, 1.54) is 17.7 Å². The van der Waals surface area contributed by atoms with Crippen molar-refractivity contribution < 1.29 is 18.7 Å². The van der Waals surface area contributed by atoms with Crippen LogP contribution in [0, 0.1) is 17.6 Å². The van der Waals surface area contributed by atoms with E-state index in [1.807, 2.05) is 42.5 Å². The minimum absolute atomic E-state index is 0.103. The number of nitrogens with one attached hydrogen (secondary N) is 2. The van der Waals surface area contributed by atoms with Crippen LogP contribution in [-0.2, 0) is 24.2 Å². The molecular formula is C28H32F2N6O2S. The number of halogens is 2. The highest BCUT2D eigenvalue weighted by Crippen LogP contribution is 2.33. The summed E-state index contributed by atoms with van der Waals surface area (Å²) in [4.78, 5) is 12.6. The summed E-state index contributed by atoms with van der Waals surface area (Å²) in [5, 5.41) is 22.3. The number of aryl methyl sites for hydroxylation is 1. The number of para-hydroxylation sites is 1. The highest BCUT2D eigenvalue weighted by molar-refractivity contribution is 8.01. The van der Waals surface area contributed by atoms with Crippen LogP contribution >= 0.6 is 11.8 Å². The SMILES string of the molecule is CCc1cccc(CNCC(C(N)Cc2cc(F)cc(F)c2)[C@H](SC2NN=NN2c2ccccc2)C(=O)O)c1. The highest BCUT2D eigenvalue weighted by atomic mass is 32.2. The third kappa shape index (κ3) is 7.75. The number of carbonyl (C=O) groups is 1. The molecule has 3 aromatic carbocycles. The molecule has 4 atom stereocenters. The van der Waals surface area contributed by atoms with Crippen molar-refractivity contribution in [3.8, 4) is 0 Å². The van der Waals surface area contributed by atoms with E-state index in [-0.39, 0.29) is 13.0 Å². The number of nitrogens with zero attached hydrogens (tertiary/aromatic N) is 3. The molecule has 11 heteroatoms. The summed E-state index contributed by atoms with van der Waals surface area (Å²) in [5.74, 6) is -3.07. The molecule has 0 radical (unpaired) electrons. The van der Waals surface area contributed by atoms with Gasteiger partial charge in [0.1, 0.15) is 16.9 Å². The van der Waals surface area contributed by atoms with Crippen LogP contribution in [0.2, 0.25) is 0 Å². The Labute approximate surface area is 230 Å². The monoisotopic (exact) mass is 554 g/mol. The molecule has 1 aliphatic heterocycles. The van der Waals surface area contributed by atoms with E-state index in [4.69, 9.17) is 5.73 Å². The number of carboxylic acids is 1. The number of rotatable bonds is 13. The van der Waals surface area contributed by atoms with Crippen LogP contribution in [0.5, 0.6) is 0 Å². The van der Waals surface area contributed by atoms with E-state index in [0.29, 0.717) is 12.1 Å². The Morgan fingerprint density at radius 2 is 1.79 bits per heavy atom. The van der Waals surface area contributed by atoms with Crippen molar-refractivity contribution in [2.45, 2.75) is 43.1 Å². The maximum atomic E-state index is 13.9. The van der Waals surface area contributed by atoms with E-state index in [1.54, 1.807) is 5.01 Å². The maximum absolute atomic E-state index is 13.9. The molecule has 4 rings (SSSR count). The van der Waals surface area contributed by atoms with Gasteiger partial charge in [0.25, 0.3) is 0 Å². The smallest absolute Gasteiger partial charge is 0.317 e. The van der Waals surface area contributed by atoms with Gasteiger partial charge in [-0.05, 0) is 59.0 Å². The summed E-state index contributed by atoms with van der Waals surface area (Å²) >= 11 is 1.13. The second-order valence-electron chi connectivity index (χ2n) is 9.36. The Morgan fingerprint density at radius 3 is 2.49 bits per heavy atom. The second-order valence-corrected chi connectivity index (χ2v) is 10.6. The highest BCUT2D eigenvalue weighted by Gasteiger charge is 2.38. The number of hydrogen-bond acceptors (Lipinski definition) is 8. The van der Waals surface area contributed by atoms with E-state index >= 15 is 0 Å². The fourth-order valence-electron chi connectivity index (χ4n) is 4.54. The van der Waals surface area contributed by atoms with Gasteiger partial charge in [0, 0.05) is 31.1 Å². The van der Waals surface area contributed by atoms with E-state index < -0.39 is 40.3 Å². The van der Waals surface area contributed by atoms with Crippen molar-refractivity contribution in [2.75, 3.05) is 11.6 Å². The maximum Gasteiger partial charge on any atom is 0.317 e. The Hall–Kier alpha value is -3.54. The fraction of sp³-hybridized carbons (Fsp3) is 0.321. The van der Waals surface area contributed by atoms with Crippen molar-refractivity contribution in [1.82, 2.24) is 10.7 Å². The van der Waals surface area contributed by atoms with Gasteiger partial charge < -0.3 is 16.2 Å². The average molecular weight is 555 g/mol. The van der Waals surface area contributed by atoms with Crippen molar-refractivity contribution >= 4 is 23.4 Å². The molecule has 3 aromatic rings. The van der Waals surface area contributed by atoms with E-state index in [9.17, 15) is 18.7 Å². The van der Waals surface area contributed by atoms with Gasteiger partial charge in [-0.25, -0.2) is 13.8 Å². The van der Waals surface area contributed by atoms with Crippen molar-refractivity contribution in [3.63, 3.8) is 0 Å². The predicted octanol–water partition coefficient (Wildman–Crippen LogP) is 4.67. The number of aliphatic carboxylic acids is 1. The van der Waals surface area contributed by atoms with E-state index in [0.717, 1.165) is 35.5 Å². The van der Waals surface area contributed by atoms with Crippen LogP contribution in [0.1, 0.15) is 23.6 Å². The molecule has 39 heavy (non-hydrogen) atoms. The summed E-state index contributed by atoms with van der Waals surface area (Å²) in [6.45, 7) is 2.87. The lowest BCUT2D eigenvalue weighted by Crippen LogP contribution is -2.48. The molecule has 1 heterocycles.